The quantitative estimate of drug-likeness (QED) is 0.0243. The summed E-state index contributed by atoms with van der Waals surface area (Å²) >= 11 is 0. The van der Waals surface area contributed by atoms with E-state index in [0.717, 1.165) is 32.1 Å². The highest BCUT2D eigenvalue weighted by Crippen LogP contribution is 2.43. The lowest BCUT2D eigenvalue weighted by Gasteiger charge is -2.25. The van der Waals surface area contributed by atoms with Gasteiger partial charge in [-0.05, 0) is 19.3 Å². The van der Waals surface area contributed by atoms with Crippen molar-refractivity contribution in [1.82, 2.24) is 5.32 Å². The lowest BCUT2D eigenvalue weighted by Crippen LogP contribution is -2.45. The molecular weight excluding hydrogens is 1010 g/mol. The summed E-state index contributed by atoms with van der Waals surface area (Å²) < 4.78 is 23.8. The van der Waals surface area contributed by atoms with Crippen molar-refractivity contribution in [2.24, 2.45) is 0 Å². The Kier molecular flexibility index (Phi) is 62.2. The molecule has 0 heterocycles. The summed E-state index contributed by atoms with van der Waals surface area (Å²) in [6.07, 6.45) is 80.9. The second-order valence-electron chi connectivity index (χ2n) is 26.3. The van der Waals surface area contributed by atoms with Crippen LogP contribution in [0.25, 0.3) is 0 Å². The number of rotatable bonds is 68. The molecule has 0 radical (unpaired) electrons. The number of hydrogen-bond donors (Lipinski definition) is 3. The molecule has 9 heteroatoms. The maximum absolute atomic E-state index is 13.1. The van der Waals surface area contributed by atoms with E-state index in [1.165, 1.54) is 334 Å². The lowest BCUT2D eigenvalue weighted by atomic mass is 10.0. The third-order valence-electron chi connectivity index (χ3n) is 17.0. The summed E-state index contributed by atoms with van der Waals surface area (Å²) in [4.78, 5) is 23.4. The number of phosphoric ester groups is 1. The van der Waals surface area contributed by atoms with Crippen LogP contribution in [0.5, 0.6) is 0 Å². The van der Waals surface area contributed by atoms with E-state index in [-0.39, 0.29) is 19.1 Å². The Morgan fingerprint density at radius 3 is 0.925 bits per heavy atom. The number of hydrogen-bond acceptors (Lipinski definition) is 5. The molecule has 1 amide bonds. The molecule has 0 aliphatic heterocycles. The van der Waals surface area contributed by atoms with Crippen LogP contribution in [0.3, 0.4) is 0 Å². The number of allylic oxidation sites excluding steroid dienone is 1. The Hall–Kier alpha value is -0.760. The average molecular weight is 1150 g/mol. The van der Waals surface area contributed by atoms with Crippen LogP contribution in [0.15, 0.2) is 12.2 Å². The fraction of sp³-hybridized carbons (Fsp3) is 0.958. The molecule has 478 valence electrons. The van der Waals surface area contributed by atoms with Gasteiger partial charge in [-0.3, -0.25) is 13.8 Å². The Balaban J connectivity index is 4.01. The van der Waals surface area contributed by atoms with Gasteiger partial charge in [-0.2, -0.15) is 0 Å². The summed E-state index contributed by atoms with van der Waals surface area (Å²) in [7, 11) is 1.60. The van der Waals surface area contributed by atoms with Crippen LogP contribution in [-0.4, -0.2) is 73.4 Å². The van der Waals surface area contributed by atoms with Crippen molar-refractivity contribution in [3.8, 4) is 0 Å². The number of carbonyl (C=O) groups excluding carboxylic acids is 1. The molecule has 3 N–H and O–H groups in total. The topological polar surface area (TPSA) is 105 Å². The molecule has 0 aromatic carbocycles. The predicted molar refractivity (Wildman–Crippen MR) is 351 cm³/mol. The molecule has 0 spiro atoms. The van der Waals surface area contributed by atoms with Gasteiger partial charge in [0.25, 0.3) is 0 Å². The molecule has 0 fully saturated rings. The molecule has 0 rings (SSSR count). The molecule has 0 saturated carbocycles. The van der Waals surface area contributed by atoms with Crippen LogP contribution in [-0.2, 0) is 18.4 Å². The van der Waals surface area contributed by atoms with Gasteiger partial charge in [0.15, 0.2) is 0 Å². The molecule has 0 aliphatic rings. The highest BCUT2D eigenvalue weighted by atomic mass is 31.2. The van der Waals surface area contributed by atoms with E-state index in [4.69, 9.17) is 9.05 Å². The molecule has 0 aromatic heterocycles. The van der Waals surface area contributed by atoms with Gasteiger partial charge >= 0.3 is 7.82 Å². The zero-order chi connectivity index (χ0) is 58.4. The van der Waals surface area contributed by atoms with Gasteiger partial charge in [0.1, 0.15) is 13.2 Å². The number of carbonyl (C=O) groups is 1. The normalized spacial score (nSPS) is 13.6. The van der Waals surface area contributed by atoms with E-state index in [1.807, 2.05) is 27.2 Å². The third kappa shape index (κ3) is 64.8. The zero-order valence-corrected chi connectivity index (χ0v) is 55.8. The molecule has 3 atom stereocenters. The Morgan fingerprint density at radius 1 is 0.412 bits per heavy atom. The van der Waals surface area contributed by atoms with Gasteiger partial charge in [0.05, 0.1) is 39.9 Å². The van der Waals surface area contributed by atoms with Crippen molar-refractivity contribution >= 4 is 13.7 Å². The average Bonchev–Trinajstić information content (AvgIpc) is 3.42. The standard InChI is InChI=1S/C71H143N2O6P/c1-6-8-10-12-14-16-18-20-22-24-26-28-30-32-34-35-36-37-38-39-40-42-44-46-48-50-52-54-56-58-60-62-64-70(74)69(68-79-80(76,77)78-67-66-73(3,4)5)72-71(75)65-63-61-59-57-55-53-51-49-47-45-43-41-33-31-29-27-25-23-21-19-17-15-13-11-9-7-2/h62,64,69-70,74H,6-61,63,65-68H2,1-5H3,(H-,72,75,76,77)/p+1/b64-62+. The van der Waals surface area contributed by atoms with Gasteiger partial charge in [-0.1, -0.05) is 373 Å². The minimum absolute atomic E-state index is 0.0655. The number of likely N-dealkylation sites (N-methyl/N-ethyl adjacent to an activating group) is 1. The first-order valence-electron chi connectivity index (χ1n) is 36.1. The van der Waals surface area contributed by atoms with Crippen LogP contribution in [0.4, 0.5) is 0 Å². The molecular formula is C71H144N2O6P+. The van der Waals surface area contributed by atoms with E-state index in [1.54, 1.807) is 6.08 Å². The molecule has 0 bridgehead atoms. The number of nitrogens with one attached hydrogen (secondary N) is 1. The van der Waals surface area contributed by atoms with Crippen molar-refractivity contribution in [1.29, 1.82) is 0 Å². The second kappa shape index (κ2) is 62.8. The van der Waals surface area contributed by atoms with Crippen LogP contribution < -0.4 is 5.32 Å². The first kappa shape index (κ1) is 79.2. The first-order valence-corrected chi connectivity index (χ1v) is 37.6. The van der Waals surface area contributed by atoms with Gasteiger partial charge in [0.2, 0.25) is 5.91 Å². The molecule has 0 aromatic rings. The smallest absolute Gasteiger partial charge is 0.387 e. The number of aliphatic hydroxyl groups excluding tert-OH is 1. The van der Waals surface area contributed by atoms with Crippen LogP contribution in [0.2, 0.25) is 0 Å². The number of quaternary nitrogens is 1. The minimum atomic E-state index is -4.35. The summed E-state index contributed by atoms with van der Waals surface area (Å²) in [5, 5.41) is 14.0. The lowest BCUT2D eigenvalue weighted by molar-refractivity contribution is -0.870. The van der Waals surface area contributed by atoms with E-state index in [2.05, 4.69) is 19.2 Å². The van der Waals surface area contributed by atoms with E-state index in [0.29, 0.717) is 17.4 Å². The van der Waals surface area contributed by atoms with Crippen molar-refractivity contribution in [3.05, 3.63) is 12.2 Å². The SMILES string of the molecule is CCCCCCCCCCCCCCCCCCCCCCCCCCCCCCCC/C=C/C(O)C(COP(=O)(O)OCC[N+](C)(C)C)NC(=O)CCCCCCCCCCCCCCCCCCCCCCCCCCCC. The van der Waals surface area contributed by atoms with Crippen molar-refractivity contribution in [3.63, 3.8) is 0 Å². The Bertz CT molecular complexity index is 1310. The number of phosphoric acid groups is 1. The maximum Gasteiger partial charge on any atom is 0.472 e. The molecule has 0 aliphatic carbocycles. The fourth-order valence-corrected chi connectivity index (χ4v) is 12.1. The van der Waals surface area contributed by atoms with Gasteiger partial charge in [-0.25, -0.2) is 4.57 Å². The first-order chi connectivity index (χ1) is 39.0. The van der Waals surface area contributed by atoms with Gasteiger partial charge in [0, 0.05) is 6.42 Å². The van der Waals surface area contributed by atoms with Gasteiger partial charge < -0.3 is 19.8 Å². The molecule has 8 nitrogen and oxygen atoms in total. The Morgan fingerprint density at radius 2 is 0.662 bits per heavy atom. The highest BCUT2D eigenvalue weighted by Gasteiger charge is 2.28. The Labute approximate surface area is 501 Å². The molecule has 80 heavy (non-hydrogen) atoms. The minimum Gasteiger partial charge on any atom is -0.387 e. The number of amides is 1. The largest absolute Gasteiger partial charge is 0.472 e. The van der Waals surface area contributed by atoms with Crippen LogP contribution >= 0.6 is 7.82 Å². The summed E-state index contributed by atoms with van der Waals surface area (Å²) in [6.45, 7) is 4.89. The van der Waals surface area contributed by atoms with Crippen molar-refractivity contribution < 1.29 is 32.9 Å². The summed E-state index contributed by atoms with van der Waals surface area (Å²) in [5.74, 6) is -0.167. The number of unbranched alkanes of at least 4 members (excludes halogenated alkanes) is 55. The summed E-state index contributed by atoms with van der Waals surface area (Å²) in [5.41, 5.74) is 0. The zero-order valence-electron chi connectivity index (χ0n) is 54.9. The van der Waals surface area contributed by atoms with Crippen LogP contribution in [0, 0.1) is 0 Å². The molecule has 0 saturated heterocycles. The highest BCUT2D eigenvalue weighted by molar-refractivity contribution is 7.47. The number of nitrogens with zero attached hydrogens (tertiary/aromatic N) is 1. The second-order valence-corrected chi connectivity index (χ2v) is 27.8. The third-order valence-corrected chi connectivity index (χ3v) is 18.0. The van der Waals surface area contributed by atoms with E-state index in [9.17, 15) is 19.4 Å². The number of aliphatic hydroxyl groups is 1. The monoisotopic (exact) mass is 1150 g/mol. The fourth-order valence-electron chi connectivity index (χ4n) is 11.4. The van der Waals surface area contributed by atoms with Crippen molar-refractivity contribution in [2.75, 3.05) is 40.9 Å². The molecule has 3 unspecified atom stereocenters. The van der Waals surface area contributed by atoms with Crippen molar-refractivity contribution in [2.45, 2.75) is 398 Å². The predicted octanol–water partition coefficient (Wildman–Crippen LogP) is 22.9. The maximum atomic E-state index is 13.1. The van der Waals surface area contributed by atoms with Crippen LogP contribution in [0.1, 0.15) is 386 Å². The van der Waals surface area contributed by atoms with Gasteiger partial charge in [-0.15, -0.1) is 0 Å². The van der Waals surface area contributed by atoms with E-state index >= 15 is 0 Å². The summed E-state index contributed by atoms with van der Waals surface area (Å²) in [6, 6.07) is -0.844. The van der Waals surface area contributed by atoms with E-state index < -0.39 is 20.0 Å².